The Hall–Kier alpha value is -2.01. The van der Waals surface area contributed by atoms with Crippen molar-refractivity contribution in [2.75, 3.05) is 6.54 Å². The Balaban J connectivity index is 1.87. The predicted octanol–water partition coefficient (Wildman–Crippen LogP) is 2.97. The second-order valence-electron chi connectivity index (χ2n) is 4.66. The van der Waals surface area contributed by atoms with Crippen molar-refractivity contribution in [1.82, 2.24) is 5.32 Å². The van der Waals surface area contributed by atoms with Crippen molar-refractivity contribution < 1.29 is 15.0 Å². The van der Waals surface area contributed by atoms with Crippen LogP contribution in [0.1, 0.15) is 21.5 Å². The fourth-order valence-corrected chi connectivity index (χ4v) is 2.27. The molecule has 0 atom stereocenters. The van der Waals surface area contributed by atoms with Gasteiger partial charge in [-0.2, -0.15) is 0 Å². The van der Waals surface area contributed by atoms with Crippen LogP contribution < -0.4 is 5.32 Å². The van der Waals surface area contributed by atoms with Gasteiger partial charge in [-0.15, -0.1) is 0 Å². The summed E-state index contributed by atoms with van der Waals surface area (Å²) in [5.74, 6) is -0.419. The Bertz CT molecular complexity index is 626. The van der Waals surface area contributed by atoms with Crippen molar-refractivity contribution in [3.8, 4) is 11.5 Å². The summed E-state index contributed by atoms with van der Waals surface area (Å²) in [6, 6.07) is 12.0. The number of carbonyl (C=O) groups excluding carboxylic acids is 1. The van der Waals surface area contributed by atoms with Crippen molar-refractivity contribution in [2.45, 2.75) is 11.8 Å². The fourth-order valence-electron chi connectivity index (χ4n) is 1.89. The number of hydrogen-bond acceptors (Lipinski definition) is 3. The molecule has 110 valence electrons. The molecule has 0 heterocycles. The number of aromatic hydroxyl groups is 2. The molecule has 5 heteroatoms. The molecular weight excluding hydrogens is 334 g/mol. The first-order valence-corrected chi connectivity index (χ1v) is 7.66. The number of phenols is 2. The minimum atomic E-state index is -0.149. The van der Waals surface area contributed by atoms with Crippen LogP contribution in [0.15, 0.2) is 42.5 Å². The lowest BCUT2D eigenvalue weighted by Crippen LogP contribution is -2.25. The van der Waals surface area contributed by atoms with E-state index in [4.69, 9.17) is 0 Å². The van der Waals surface area contributed by atoms with Gasteiger partial charge in [0.2, 0.25) is 0 Å². The molecule has 0 aliphatic rings. The van der Waals surface area contributed by atoms with Crippen LogP contribution in [0.4, 0.5) is 0 Å². The highest BCUT2D eigenvalue weighted by molar-refractivity contribution is 9.08. The predicted molar refractivity (Wildman–Crippen MR) is 84.9 cm³/mol. The molecule has 4 nitrogen and oxygen atoms in total. The summed E-state index contributed by atoms with van der Waals surface area (Å²) < 4.78 is 0. The van der Waals surface area contributed by atoms with E-state index in [1.807, 2.05) is 12.1 Å². The average Bonchev–Trinajstić information content (AvgIpc) is 2.51. The molecule has 0 saturated heterocycles. The van der Waals surface area contributed by atoms with Crippen LogP contribution in [0.3, 0.4) is 0 Å². The van der Waals surface area contributed by atoms with Gasteiger partial charge in [-0.25, -0.2) is 0 Å². The van der Waals surface area contributed by atoms with Crippen LogP contribution in [0.2, 0.25) is 0 Å². The summed E-state index contributed by atoms with van der Waals surface area (Å²) in [6.45, 7) is 0.462. The summed E-state index contributed by atoms with van der Waals surface area (Å²) in [5, 5.41) is 22.2. The zero-order valence-corrected chi connectivity index (χ0v) is 12.9. The molecule has 0 saturated carbocycles. The largest absolute Gasteiger partial charge is 0.504 e. The molecule has 2 aromatic carbocycles. The van der Waals surface area contributed by atoms with E-state index in [9.17, 15) is 15.0 Å². The molecule has 3 N–H and O–H groups in total. The lowest BCUT2D eigenvalue weighted by molar-refractivity contribution is 0.0954. The number of hydrogen-bond donors (Lipinski definition) is 3. The van der Waals surface area contributed by atoms with E-state index in [1.165, 1.54) is 12.1 Å². The van der Waals surface area contributed by atoms with Crippen LogP contribution in [0.5, 0.6) is 11.5 Å². The Morgan fingerprint density at radius 2 is 1.67 bits per heavy atom. The van der Waals surface area contributed by atoms with Crippen LogP contribution in [-0.2, 0) is 11.8 Å². The number of amides is 1. The monoisotopic (exact) mass is 349 g/mol. The molecule has 0 aliphatic heterocycles. The Labute approximate surface area is 131 Å². The third-order valence-corrected chi connectivity index (χ3v) is 3.76. The highest BCUT2D eigenvalue weighted by Gasteiger charge is 2.05. The SMILES string of the molecule is O=C(NCCc1ccc(O)c(O)c1)c1ccc(CBr)cc1. The van der Waals surface area contributed by atoms with E-state index < -0.39 is 0 Å². The standard InChI is InChI=1S/C16H16BrNO3/c17-10-12-1-4-13(5-2-12)16(21)18-8-7-11-3-6-14(19)15(20)9-11/h1-6,9,19-20H,7-8,10H2,(H,18,21). The number of alkyl halides is 1. The van der Waals surface area contributed by atoms with Crippen molar-refractivity contribution >= 4 is 21.8 Å². The Kier molecular flexibility index (Phi) is 5.22. The van der Waals surface area contributed by atoms with Crippen molar-refractivity contribution in [3.05, 3.63) is 59.2 Å². The number of carbonyl (C=O) groups is 1. The molecule has 0 fully saturated rings. The van der Waals surface area contributed by atoms with Gasteiger partial charge >= 0.3 is 0 Å². The molecule has 1 amide bonds. The number of nitrogens with one attached hydrogen (secondary N) is 1. The molecule has 0 aliphatic carbocycles. The third kappa shape index (κ3) is 4.23. The van der Waals surface area contributed by atoms with E-state index >= 15 is 0 Å². The average molecular weight is 350 g/mol. The van der Waals surface area contributed by atoms with Gasteiger partial charge in [0.15, 0.2) is 11.5 Å². The normalized spacial score (nSPS) is 10.3. The molecular formula is C16H16BrNO3. The van der Waals surface area contributed by atoms with Gasteiger partial charge in [0.05, 0.1) is 0 Å². The highest BCUT2D eigenvalue weighted by atomic mass is 79.9. The van der Waals surface area contributed by atoms with Gasteiger partial charge < -0.3 is 15.5 Å². The lowest BCUT2D eigenvalue weighted by Gasteiger charge is -2.07. The molecule has 0 radical (unpaired) electrons. The molecule has 2 aromatic rings. The number of rotatable bonds is 5. The number of benzene rings is 2. The molecule has 0 spiro atoms. The minimum Gasteiger partial charge on any atom is -0.504 e. The zero-order valence-electron chi connectivity index (χ0n) is 11.3. The Morgan fingerprint density at radius 1 is 1.00 bits per heavy atom. The van der Waals surface area contributed by atoms with E-state index in [-0.39, 0.29) is 17.4 Å². The molecule has 0 bridgehead atoms. The van der Waals surface area contributed by atoms with E-state index in [0.29, 0.717) is 18.5 Å². The molecule has 0 unspecified atom stereocenters. The quantitative estimate of drug-likeness (QED) is 0.574. The van der Waals surface area contributed by atoms with E-state index in [0.717, 1.165) is 16.5 Å². The van der Waals surface area contributed by atoms with Crippen molar-refractivity contribution in [1.29, 1.82) is 0 Å². The number of phenolic OH excluding ortho intramolecular Hbond substituents is 2. The maximum Gasteiger partial charge on any atom is 0.251 e. The second-order valence-corrected chi connectivity index (χ2v) is 5.22. The van der Waals surface area contributed by atoms with Gasteiger partial charge in [-0.05, 0) is 41.8 Å². The summed E-state index contributed by atoms with van der Waals surface area (Å²) in [5.41, 5.74) is 2.58. The first-order chi connectivity index (χ1) is 10.1. The van der Waals surface area contributed by atoms with Crippen LogP contribution in [0.25, 0.3) is 0 Å². The second kappa shape index (κ2) is 7.13. The fraction of sp³-hybridized carbons (Fsp3) is 0.188. The molecule has 2 rings (SSSR count). The van der Waals surface area contributed by atoms with Crippen molar-refractivity contribution in [3.63, 3.8) is 0 Å². The summed E-state index contributed by atoms with van der Waals surface area (Å²) in [7, 11) is 0. The summed E-state index contributed by atoms with van der Waals surface area (Å²) in [4.78, 5) is 11.9. The van der Waals surface area contributed by atoms with Crippen molar-refractivity contribution in [2.24, 2.45) is 0 Å². The van der Waals surface area contributed by atoms with Gasteiger partial charge in [-0.3, -0.25) is 4.79 Å². The molecule has 21 heavy (non-hydrogen) atoms. The van der Waals surface area contributed by atoms with Gasteiger partial charge in [-0.1, -0.05) is 34.1 Å². The van der Waals surface area contributed by atoms with Crippen LogP contribution >= 0.6 is 15.9 Å². The van der Waals surface area contributed by atoms with Gasteiger partial charge in [0.25, 0.3) is 5.91 Å². The van der Waals surface area contributed by atoms with E-state index in [2.05, 4.69) is 21.2 Å². The lowest BCUT2D eigenvalue weighted by atomic mass is 10.1. The number of halogens is 1. The summed E-state index contributed by atoms with van der Waals surface area (Å²) >= 11 is 3.36. The minimum absolute atomic E-state index is 0.126. The first-order valence-electron chi connectivity index (χ1n) is 6.54. The summed E-state index contributed by atoms with van der Waals surface area (Å²) in [6.07, 6.45) is 0.582. The smallest absolute Gasteiger partial charge is 0.251 e. The van der Waals surface area contributed by atoms with E-state index in [1.54, 1.807) is 18.2 Å². The maximum absolute atomic E-state index is 11.9. The molecule has 0 aromatic heterocycles. The van der Waals surface area contributed by atoms with Gasteiger partial charge in [0.1, 0.15) is 0 Å². The topological polar surface area (TPSA) is 69.6 Å². The van der Waals surface area contributed by atoms with Crippen LogP contribution in [0, 0.1) is 0 Å². The Morgan fingerprint density at radius 3 is 2.29 bits per heavy atom. The highest BCUT2D eigenvalue weighted by Crippen LogP contribution is 2.24. The first kappa shape index (κ1) is 15.4. The zero-order chi connectivity index (χ0) is 15.2. The van der Waals surface area contributed by atoms with Gasteiger partial charge in [0, 0.05) is 17.4 Å². The van der Waals surface area contributed by atoms with Crippen LogP contribution in [-0.4, -0.2) is 22.7 Å². The third-order valence-electron chi connectivity index (χ3n) is 3.11. The maximum atomic E-state index is 11.9.